The second-order valence-corrected chi connectivity index (χ2v) is 3.90. The molecule has 100 valence electrons. The lowest BCUT2D eigenvalue weighted by Crippen LogP contribution is -2.36. The van der Waals surface area contributed by atoms with Crippen molar-refractivity contribution >= 4 is 22.5 Å². The van der Waals surface area contributed by atoms with Crippen LogP contribution in [0.5, 0.6) is 0 Å². The first kappa shape index (κ1) is 13.3. The molecule has 0 spiro atoms. The largest absolute Gasteiger partial charge is 0.383 e. The highest BCUT2D eigenvalue weighted by molar-refractivity contribution is 5.95. The average Bonchev–Trinajstić information content (AvgIpc) is 2.46. The predicted molar refractivity (Wildman–Crippen MR) is 76.9 cm³/mol. The van der Waals surface area contributed by atoms with Gasteiger partial charge in [0.05, 0.1) is 18.7 Å². The number of fused-ring (bicyclic) bond motifs is 1. The lowest BCUT2D eigenvalue weighted by molar-refractivity contribution is 0.208. The van der Waals surface area contributed by atoms with Crippen molar-refractivity contribution in [3.05, 3.63) is 36.5 Å². The third-order valence-corrected chi connectivity index (χ3v) is 2.57. The summed E-state index contributed by atoms with van der Waals surface area (Å²) in [6.07, 6.45) is 1.77. The number of nitrogens with zero attached hydrogens (tertiary/aromatic N) is 2. The third-order valence-electron chi connectivity index (χ3n) is 2.57. The number of nitrogens with one attached hydrogen (secondary N) is 2. The maximum absolute atomic E-state index is 5.42. The van der Waals surface area contributed by atoms with Crippen molar-refractivity contribution < 1.29 is 4.74 Å². The molecule has 6 heteroatoms. The average molecular weight is 259 g/mol. The Morgan fingerprint density at radius 2 is 2.32 bits per heavy atom. The van der Waals surface area contributed by atoms with E-state index in [1.54, 1.807) is 13.3 Å². The van der Waals surface area contributed by atoms with Crippen LogP contribution in [0.1, 0.15) is 0 Å². The normalized spacial score (nSPS) is 11.6. The summed E-state index contributed by atoms with van der Waals surface area (Å²) in [7, 11) is 1.63. The molecule has 0 saturated carbocycles. The van der Waals surface area contributed by atoms with Gasteiger partial charge in [0.15, 0.2) is 0 Å². The van der Waals surface area contributed by atoms with E-state index in [0.717, 1.165) is 16.6 Å². The Morgan fingerprint density at radius 1 is 1.42 bits per heavy atom. The molecule has 0 radical (unpaired) electrons. The smallest absolute Gasteiger partial charge is 0.210 e. The Bertz CT molecular complexity index is 570. The first-order chi connectivity index (χ1) is 9.33. The summed E-state index contributed by atoms with van der Waals surface area (Å²) < 4.78 is 4.93. The first-order valence-corrected chi connectivity index (χ1v) is 5.95. The quantitative estimate of drug-likeness (QED) is 0.252. The van der Waals surface area contributed by atoms with Crippen molar-refractivity contribution in [2.45, 2.75) is 0 Å². The van der Waals surface area contributed by atoms with Crippen LogP contribution in [0.25, 0.3) is 10.9 Å². The van der Waals surface area contributed by atoms with Gasteiger partial charge < -0.3 is 10.1 Å². The molecular weight excluding hydrogens is 242 g/mol. The summed E-state index contributed by atoms with van der Waals surface area (Å²) in [5, 5.41) is 4.17. The fraction of sp³-hybridized carbons (Fsp3) is 0.231. The molecule has 0 saturated heterocycles. The number of anilines is 1. The van der Waals surface area contributed by atoms with Crippen LogP contribution in [-0.4, -0.2) is 31.2 Å². The van der Waals surface area contributed by atoms with Crippen molar-refractivity contribution in [2.75, 3.05) is 25.6 Å². The van der Waals surface area contributed by atoms with E-state index in [4.69, 9.17) is 10.6 Å². The lowest BCUT2D eigenvalue weighted by atomic mass is 10.2. The second kappa shape index (κ2) is 6.67. The summed E-state index contributed by atoms with van der Waals surface area (Å²) >= 11 is 0. The van der Waals surface area contributed by atoms with E-state index in [-0.39, 0.29) is 0 Å². The summed E-state index contributed by atoms with van der Waals surface area (Å²) in [6, 6.07) is 9.77. The van der Waals surface area contributed by atoms with Crippen molar-refractivity contribution in [3.63, 3.8) is 0 Å². The van der Waals surface area contributed by atoms with E-state index in [9.17, 15) is 0 Å². The minimum absolute atomic E-state index is 0.500. The number of nitrogens with two attached hydrogens (primary N) is 1. The molecule has 19 heavy (non-hydrogen) atoms. The van der Waals surface area contributed by atoms with E-state index in [1.807, 2.05) is 30.3 Å². The number of aliphatic imine (C=N–C) groups is 1. The van der Waals surface area contributed by atoms with Gasteiger partial charge in [0.2, 0.25) is 5.96 Å². The number of hydrogen-bond acceptors (Lipinski definition) is 4. The Morgan fingerprint density at radius 3 is 3.11 bits per heavy atom. The van der Waals surface area contributed by atoms with E-state index < -0.39 is 0 Å². The fourth-order valence-corrected chi connectivity index (χ4v) is 1.66. The van der Waals surface area contributed by atoms with Crippen molar-refractivity contribution in [3.8, 4) is 0 Å². The van der Waals surface area contributed by atoms with E-state index >= 15 is 0 Å². The molecule has 6 nitrogen and oxygen atoms in total. The van der Waals surface area contributed by atoms with Crippen LogP contribution in [0, 0.1) is 0 Å². The second-order valence-electron chi connectivity index (χ2n) is 3.90. The third kappa shape index (κ3) is 3.64. The molecule has 0 amide bonds. The SMILES string of the molecule is COCCN=C(NN)Nc1ccc2ncccc2c1. The molecule has 0 unspecified atom stereocenters. The van der Waals surface area contributed by atoms with Crippen LogP contribution in [0.3, 0.4) is 0 Å². The Balaban J connectivity index is 2.13. The molecule has 0 fully saturated rings. The first-order valence-electron chi connectivity index (χ1n) is 5.95. The maximum atomic E-state index is 5.42. The van der Waals surface area contributed by atoms with Crippen LogP contribution < -0.4 is 16.6 Å². The van der Waals surface area contributed by atoms with Gasteiger partial charge in [-0.3, -0.25) is 10.4 Å². The number of aromatic nitrogens is 1. The van der Waals surface area contributed by atoms with Gasteiger partial charge in [0.1, 0.15) is 0 Å². The minimum Gasteiger partial charge on any atom is -0.383 e. The number of hydrazine groups is 1. The highest BCUT2D eigenvalue weighted by Gasteiger charge is 2.00. The monoisotopic (exact) mass is 259 g/mol. The van der Waals surface area contributed by atoms with E-state index in [1.165, 1.54) is 0 Å². The number of benzene rings is 1. The van der Waals surface area contributed by atoms with Gasteiger partial charge in [-0.15, -0.1) is 0 Å². The zero-order valence-electron chi connectivity index (χ0n) is 10.8. The molecule has 1 heterocycles. The Labute approximate surface area is 111 Å². The molecule has 0 atom stereocenters. The predicted octanol–water partition coefficient (Wildman–Crippen LogP) is 1.11. The number of pyridine rings is 1. The number of methoxy groups -OCH3 is 1. The molecular formula is C13H17N5O. The summed E-state index contributed by atoms with van der Waals surface area (Å²) in [5.74, 6) is 5.92. The maximum Gasteiger partial charge on any atom is 0.210 e. The van der Waals surface area contributed by atoms with Crippen LogP contribution >= 0.6 is 0 Å². The number of ether oxygens (including phenoxy) is 1. The van der Waals surface area contributed by atoms with Gasteiger partial charge in [0, 0.05) is 24.4 Å². The van der Waals surface area contributed by atoms with Crippen LogP contribution in [0.2, 0.25) is 0 Å². The van der Waals surface area contributed by atoms with Gasteiger partial charge in [0.25, 0.3) is 0 Å². The van der Waals surface area contributed by atoms with E-state index in [2.05, 4.69) is 20.7 Å². The molecule has 1 aromatic carbocycles. The van der Waals surface area contributed by atoms with Gasteiger partial charge >= 0.3 is 0 Å². The van der Waals surface area contributed by atoms with Gasteiger partial charge in [-0.25, -0.2) is 10.8 Å². The molecule has 4 N–H and O–H groups in total. The van der Waals surface area contributed by atoms with Crippen LogP contribution in [-0.2, 0) is 4.74 Å². The molecule has 2 rings (SSSR count). The number of rotatable bonds is 4. The standard InChI is InChI=1S/C13H17N5O/c1-19-8-7-16-13(18-14)17-11-4-5-12-10(9-11)3-2-6-15-12/h2-6,9H,7-8,14H2,1H3,(H2,16,17,18). The van der Waals surface area contributed by atoms with Crippen molar-refractivity contribution in [1.82, 2.24) is 10.4 Å². The molecule has 0 aliphatic heterocycles. The fourth-order valence-electron chi connectivity index (χ4n) is 1.66. The van der Waals surface area contributed by atoms with Crippen LogP contribution in [0.4, 0.5) is 5.69 Å². The highest BCUT2D eigenvalue weighted by Crippen LogP contribution is 2.16. The van der Waals surface area contributed by atoms with Crippen LogP contribution in [0.15, 0.2) is 41.5 Å². The number of guanidine groups is 1. The minimum atomic E-state index is 0.500. The lowest BCUT2D eigenvalue weighted by Gasteiger charge is -2.09. The molecule has 1 aromatic heterocycles. The zero-order valence-corrected chi connectivity index (χ0v) is 10.8. The topological polar surface area (TPSA) is 84.6 Å². The zero-order chi connectivity index (χ0) is 13.5. The van der Waals surface area contributed by atoms with Crippen molar-refractivity contribution in [1.29, 1.82) is 0 Å². The Kier molecular flexibility index (Phi) is 4.66. The summed E-state index contributed by atoms with van der Waals surface area (Å²) in [4.78, 5) is 8.50. The van der Waals surface area contributed by atoms with Gasteiger partial charge in [-0.1, -0.05) is 6.07 Å². The molecule has 0 bridgehead atoms. The molecule has 0 aliphatic rings. The van der Waals surface area contributed by atoms with E-state index in [0.29, 0.717) is 19.1 Å². The summed E-state index contributed by atoms with van der Waals surface area (Å²) in [5.41, 5.74) is 4.37. The van der Waals surface area contributed by atoms with Crippen molar-refractivity contribution in [2.24, 2.45) is 10.8 Å². The number of hydrogen-bond donors (Lipinski definition) is 3. The van der Waals surface area contributed by atoms with Gasteiger partial charge in [-0.2, -0.15) is 0 Å². The highest BCUT2D eigenvalue weighted by atomic mass is 16.5. The van der Waals surface area contributed by atoms with Gasteiger partial charge in [-0.05, 0) is 24.3 Å². The molecule has 0 aliphatic carbocycles. The molecule has 2 aromatic rings. The summed E-state index contributed by atoms with van der Waals surface area (Å²) in [6.45, 7) is 1.09. The Hall–Kier alpha value is -2.18.